The molecule has 0 bridgehead atoms. The molecular formula is C15H20N2O2. The van der Waals surface area contributed by atoms with Gasteiger partial charge in [0.15, 0.2) is 6.61 Å². The lowest BCUT2D eigenvalue weighted by molar-refractivity contribution is 0.157. The molecule has 0 aliphatic carbocycles. The van der Waals surface area contributed by atoms with Gasteiger partial charge in [-0.25, -0.2) is 0 Å². The first-order chi connectivity index (χ1) is 9.24. The van der Waals surface area contributed by atoms with E-state index < -0.39 is 0 Å². The highest BCUT2D eigenvalue weighted by Crippen LogP contribution is 2.17. The van der Waals surface area contributed by atoms with Crippen molar-refractivity contribution in [3.63, 3.8) is 0 Å². The van der Waals surface area contributed by atoms with Crippen LogP contribution in [0, 0.1) is 11.3 Å². The zero-order valence-electron chi connectivity index (χ0n) is 11.3. The Hall–Kier alpha value is -1.83. The van der Waals surface area contributed by atoms with E-state index in [1.54, 1.807) is 0 Å². The van der Waals surface area contributed by atoms with Gasteiger partial charge in [-0.3, -0.25) is 0 Å². The molecule has 1 rings (SSSR count). The first kappa shape index (κ1) is 15.2. The number of rotatable bonds is 9. The predicted molar refractivity (Wildman–Crippen MR) is 74.9 cm³/mol. The molecule has 0 aliphatic heterocycles. The minimum atomic E-state index is 0.0682. The van der Waals surface area contributed by atoms with Crippen molar-refractivity contribution in [3.8, 4) is 11.8 Å². The van der Waals surface area contributed by atoms with Gasteiger partial charge in [0.2, 0.25) is 0 Å². The quantitative estimate of drug-likeness (QED) is 0.546. The van der Waals surface area contributed by atoms with Crippen molar-refractivity contribution in [1.29, 1.82) is 5.26 Å². The molecule has 0 spiro atoms. The van der Waals surface area contributed by atoms with Crippen LogP contribution in [0.4, 0.5) is 0 Å². The van der Waals surface area contributed by atoms with Crippen LogP contribution < -0.4 is 10.1 Å². The Balaban J connectivity index is 2.28. The molecule has 0 atom stereocenters. The molecule has 0 unspecified atom stereocenters. The summed E-state index contributed by atoms with van der Waals surface area (Å²) in [5.41, 5.74) is 2.06. The van der Waals surface area contributed by atoms with E-state index >= 15 is 0 Å². The number of para-hydroxylation sites is 1. The zero-order valence-corrected chi connectivity index (χ0v) is 11.3. The molecule has 1 aromatic carbocycles. The van der Waals surface area contributed by atoms with Gasteiger partial charge in [0, 0.05) is 18.7 Å². The lowest BCUT2D eigenvalue weighted by Crippen LogP contribution is -2.20. The highest BCUT2D eigenvalue weighted by atomic mass is 16.5. The normalized spacial score (nSPS) is 9.89. The summed E-state index contributed by atoms with van der Waals surface area (Å²) in [4.78, 5) is 0. The van der Waals surface area contributed by atoms with Crippen LogP contribution in [0.5, 0.6) is 5.75 Å². The molecule has 19 heavy (non-hydrogen) atoms. The number of ether oxygens (including phenoxy) is 2. The van der Waals surface area contributed by atoms with E-state index in [-0.39, 0.29) is 6.61 Å². The van der Waals surface area contributed by atoms with Gasteiger partial charge in [-0.15, -0.1) is 0 Å². The maximum Gasteiger partial charge on any atom is 0.174 e. The molecule has 0 heterocycles. The minimum Gasteiger partial charge on any atom is -0.478 e. The average molecular weight is 260 g/mol. The molecule has 0 amide bonds. The fourth-order valence-electron chi connectivity index (χ4n) is 1.51. The van der Waals surface area contributed by atoms with Crippen LogP contribution in [0.15, 0.2) is 36.4 Å². The molecule has 102 valence electrons. The Morgan fingerprint density at radius 1 is 1.42 bits per heavy atom. The van der Waals surface area contributed by atoms with Gasteiger partial charge in [0.1, 0.15) is 11.8 Å². The fourth-order valence-corrected chi connectivity index (χ4v) is 1.51. The summed E-state index contributed by atoms with van der Waals surface area (Å²) in [5.74, 6) is 0.749. The standard InChI is InChI=1S/C15H20N2O2/c1-13(2)12-18-10-8-17-11-14-5-3-4-6-15(14)19-9-7-16/h3-6,17H,1,8-12H2,2H3. The number of nitrogens with one attached hydrogen (secondary N) is 1. The van der Waals surface area contributed by atoms with Crippen LogP contribution in [0.3, 0.4) is 0 Å². The topological polar surface area (TPSA) is 54.3 Å². The molecule has 1 N–H and O–H groups in total. The number of nitrogens with zero attached hydrogens (tertiary/aromatic N) is 1. The fraction of sp³-hybridized carbons (Fsp3) is 0.400. The molecular weight excluding hydrogens is 240 g/mol. The first-order valence-electron chi connectivity index (χ1n) is 6.24. The molecule has 0 fully saturated rings. The molecule has 0 saturated carbocycles. The molecule has 4 nitrogen and oxygen atoms in total. The zero-order chi connectivity index (χ0) is 13.9. The van der Waals surface area contributed by atoms with E-state index in [4.69, 9.17) is 14.7 Å². The second-order valence-electron chi connectivity index (χ2n) is 4.24. The van der Waals surface area contributed by atoms with Crippen molar-refractivity contribution in [3.05, 3.63) is 42.0 Å². The Labute approximate surface area is 114 Å². The van der Waals surface area contributed by atoms with Crippen LogP contribution in [-0.2, 0) is 11.3 Å². The van der Waals surface area contributed by atoms with Crippen molar-refractivity contribution in [2.75, 3.05) is 26.4 Å². The third-order valence-corrected chi connectivity index (χ3v) is 2.35. The van der Waals surface area contributed by atoms with Gasteiger partial charge >= 0.3 is 0 Å². The Kier molecular flexibility index (Phi) is 7.33. The largest absolute Gasteiger partial charge is 0.478 e. The van der Waals surface area contributed by atoms with Crippen molar-refractivity contribution >= 4 is 0 Å². The van der Waals surface area contributed by atoms with Crippen molar-refractivity contribution in [2.45, 2.75) is 13.5 Å². The van der Waals surface area contributed by atoms with E-state index in [2.05, 4.69) is 11.9 Å². The summed E-state index contributed by atoms with van der Waals surface area (Å²) in [7, 11) is 0. The molecule has 0 saturated heterocycles. The Morgan fingerprint density at radius 3 is 2.95 bits per heavy atom. The van der Waals surface area contributed by atoms with Crippen LogP contribution in [0.1, 0.15) is 12.5 Å². The number of hydrogen-bond acceptors (Lipinski definition) is 4. The highest BCUT2D eigenvalue weighted by molar-refractivity contribution is 5.33. The summed E-state index contributed by atoms with van der Waals surface area (Å²) in [5, 5.41) is 11.8. The van der Waals surface area contributed by atoms with Gasteiger partial charge in [-0.1, -0.05) is 30.4 Å². The summed E-state index contributed by atoms with van der Waals surface area (Å²) in [6, 6.07) is 9.66. The monoisotopic (exact) mass is 260 g/mol. The Morgan fingerprint density at radius 2 is 2.21 bits per heavy atom. The van der Waals surface area contributed by atoms with Crippen molar-refractivity contribution in [2.24, 2.45) is 0 Å². The van der Waals surface area contributed by atoms with Gasteiger partial charge in [0.05, 0.1) is 13.2 Å². The van der Waals surface area contributed by atoms with Crippen molar-refractivity contribution < 1.29 is 9.47 Å². The predicted octanol–water partition coefficient (Wildman–Crippen LogP) is 2.27. The molecule has 1 aromatic rings. The Bertz CT molecular complexity index is 438. The summed E-state index contributed by atoms with van der Waals surface area (Å²) in [6.45, 7) is 8.49. The molecule has 0 radical (unpaired) electrons. The van der Waals surface area contributed by atoms with Crippen LogP contribution in [-0.4, -0.2) is 26.4 Å². The lowest BCUT2D eigenvalue weighted by atomic mass is 10.2. The smallest absolute Gasteiger partial charge is 0.174 e. The third kappa shape index (κ3) is 6.61. The van der Waals surface area contributed by atoms with E-state index in [1.165, 1.54) is 0 Å². The number of benzene rings is 1. The SMILES string of the molecule is C=C(C)COCCNCc1ccccc1OCC#N. The molecule has 0 aromatic heterocycles. The molecule has 0 aliphatic rings. The maximum atomic E-state index is 8.52. The number of nitriles is 1. The second kappa shape index (κ2) is 9.15. The average Bonchev–Trinajstić information content (AvgIpc) is 2.41. The van der Waals surface area contributed by atoms with Crippen LogP contribution in [0.2, 0.25) is 0 Å². The van der Waals surface area contributed by atoms with E-state index in [0.717, 1.165) is 23.4 Å². The van der Waals surface area contributed by atoms with Gasteiger partial charge in [0.25, 0.3) is 0 Å². The van der Waals surface area contributed by atoms with Crippen LogP contribution in [0.25, 0.3) is 0 Å². The summed E-state index contributed by atoms with van der Waals surface area (Å²) >= 11 is 0. The molecule has 4 heteroatoms. The van der Waals surface area contributed by atoms with E-state index in [9.17, 15) is 0 Å². The lowest BCUT2D eigenvalue weighted by Gasteiger charge is -2.10. The first-order valence-corrected chi connectivity index (χ1v) is 6.24. The van der Waals surface area contributed by atoms with Gasteiger partial charge < -0.3 is 14.8 Å². The summed E-state index contributed by atoms with van der Waals surface area (Å²) < 4.78 is 10.7. The van der Waals surface area contributed by atoms with Crippen molar-refractivity contribution in [1.82, 2.24) is 5.32 Å². The van der Waals surface area contributed by atoms with Crippen LogP contribution >= 0.6 is 0 Å². The maximum absolute atomic E-state index is 8.52. The van der Waals surface area contributed by atoms with Gasteiger partial charge in [-0.2, -0.15) is 5.26 Å². The third-order valence-electron chi connectivity index (χ3n) is 2.35. The summed E-state index contributed by atoms with van der Waals surface area (Å²) in [6.07, 6.45) is 0. The number of hydrogen-bond donors (Lipinski definition) is 1. The minimum absolute atomic E-state index is 0.0682. The van der Waals surface area contributed by atoms with E-state index in [1.807, 2.05) is 37.3 Å². The van der Waals surface area contributed by atoms with E-state index in [0.29, 0.717) is 19.8 Å². The van der Waals surface area contributed by atoms with Gasteiger partial charge in [-0.05, 0) is 13.0 Å². The highest BCUT2D eigenvalue weighted by Gasteiger charge is 2.01. The second-order valence-corrected chi connectivity index (χ2v) is 4.24.